The second-order valence-corrected chi connectivity index (χ2v) is 4.76. The Morgan fingerprint density at radius 1 is 1.35 bits per heavy atom. The summed E-state index contributed by atoms with van der Waals surface area (Å²) >= 11 is 0. The lowest BCUT2D eigenvalue weighted by Crippen LogP contribution is -2.26. The number of aromatic nitrogens is 2. The second-order valence-electron chi connectivity index (χ2n) is 4.76. The SMILES string of the molecule is CCNC(c1cccc2c1OCCO2)c1nccn1C. The quantitative estimate of drug-likeness (QED) is 0.924. The van der Waals surface area contributed by atoms with Crippen molar-refractivity contribution in [2.45, 2.75) is 13.0 Å². The maximum atomic E-state index is 5.82. The molecule has 0 radical (unpaired) electrons. The molecule has 0 saturated heterocycles. The summed E-state index contributed by atoms with van der Waals surface area (Å²) < 4.78 is 13.5. The van der Waals surface area contributed by atoms with Gasteiger partial charge in [0.15, 0.2) is 11.5 Å². The Morgan fingerprint density at radius 2 is 2.20 bits per heavy atom. The minimum absolute atomic E-state index is 0.00310. The van der Waals surface area contributed by atoms with Gasteiger partial charge in [-0.15, -0.1) is 0 Å². The van der Waals surface area contributed by atoms with E-state index in [0.29, 0.717) is 13.2 Å². The molecule has 2 heterocycles. The smallest absolute Gasteiger partial charge is 0.166 e. The molecule has 3 rings (SSSR count). The number of ether oxygens (including phenoxy) is 2. The summed E-state index contributed by atoms with van der Waals surface area (Å²) in [7, 11) is 2.00. The van der Waals surface area contributed by atoms with Crippen molar-refractivity contribution in [1.29, 1.82) is 0 Å². The van der Waals surface area contributed by atoms with Crippen molar-refractivity contribution in [3.8, 4) is 11.5 Å². The minimum Gasteiger partial charge on any atom is -0.486 e. The van der Waals surface area contributed by atoms with E-state index >= 15 is 0 Å². The summed E-state index contributed by atoms with van der Waals surface area (Å²) in [6, 6.07) is 6.00. The van der Waals surface area contributed by atoms with Crippen molar-refractivity contribution in [2.24, 2.45) is 7.05 Å². The first kappa shape index (κ1) is 13.0. The van der Waals surface area contributed by atoms with Gasteiger partial charge in [-0.2, -0.15) is 0 Å². The molecule has 0 bridgehead atoms. The van der Waals surface area contributed by atoms with Crippen LogP contribution in [0.15, 0.2) is 30.6 Å². The van der Waals surface area contributed by atoms with E-state index in [1.165, 1.54) is 0 Å². The van der Waals surface area contributed by atoms with Crippen LogP contribution in [-0.4, -0.2) is 29.3 Å². The molecule has 1 unspecified atom stereocenters. The number of nitrogens with zero attached hydrogens (tertiary/aromatic N) is 2. The van der Waals surface area contributed by atoms with Gasteiger partial charge >= 0.3 is 0 Å². The Bertz CT molecular complexity index is 595. The number of fused-ring (bicyclic) bond motifs is 1. The Labute approximate surface area is 118 Å². The lowest BCUT2D eigenvalue weighted by Gasteiger charge is -2.25. The van der Waals surface area contributed by atoms with Crippen molar-refractivity contribution in [3.63, 3.8) is 0 Å². The summed E-state index contributed by atoms with van der Waals surface area (Å²) in [4.78, 5) is 4.46. The molecule has 20 heavy (non-hydrogen) atoms. The molecule has 0 saturated carbocycles. The summed E-state index contributed by atoms with van der Waals surface area (Å²) in [6.07, 6.45) is 3.76. The van der Waals surface area contributed by atoms with Crippen molar-refractivity contribution in [1.82, 2.24) is 14.9 Å². The van der Waals surface area contributed by atoms with Crippen LogP contribution in [-0.2, 0) is 7.05 Å². The van der Waals surface area contributed by atoms with Gasteiger partial charge in [0.1, 0.15) is 19.0 Å². The fourth-order valence-corrected chi connectivity index (χ4v) is 2.52. The van der Waals surface area contributed by atoms with Crippen molar-refractivity contribution in [3.05, 3.63) is 42.0 Å². The number of hydrogen-bond donors (Lipinski definition) is 1. The van der Waals surface area contributed by atoms with Crippen LogP contribution in [0.5, 0.6) is 11.5 Å². The highest BCUT2D eigenvalue weighted by Crippen LogP contribution is 2.38. The molecule has 1 aromatic carbocycles. The minimum atomic E-state index is -0.00310. The number of nitrogens with one attached hydrogen (secondary N) is 1. The molecule has 0 spiro atoms. The number of imidazole rings is 1. The Morgan fingerprint density at radius 3 is 2.95 bits per heavy atom. The fourth-order valence-electron chi connectivity index (χ4n) is 2.52. The van der Waals surface area contributed by atoms with Crippen molar-refractivity contribution < 1.29 is 9.47 Å². The van der Waals surface area contributed by atoms with Crippen LogP contribution in [0.1, 0.15) is 24.4 Å². The van der Waals surface area contributed by atoms with Gasteiger partial charge in [-0.25, -0.2) is 4.98 Å². The van der Waals surface area contributed by atoms with Crippen LogP contribution >= 0.6 is 0 Å². The second kappa shape index (κ2) is 5.54. The molecule has 0 fully saturated rings. The molecular formula is C15H19N3O2. The third-order valence-corrected chi connectivity index (χ3v) is 3.43. The van der Waals surface area contributed by atoms with E-state index in [1.807, 2.05) is 36.1 Å². The summed E-state index contributed by atoms with van der Waals surface area (Å²) in [5.41, 5.74) is 1.07. The first-order chi connectivity index (χ1) is 9.81. The van der Waals surface area contributed by atoms with Gasteiger partial charge in [0.2, 0.25) is 0 Å². The molecule has 0 aliphatic carbocycles. The van der Waals surface area contributed by atoms with Crippen LogP contribution in [0.2, 0.25) is 0 Å². The summed E-state index contributed by atoms with van der Waals surface area (Å²) in [6.45, 7) is 4.12. The maximum Gasteiger partial charge on any atom is 0.166 e. The molecule has 0 amide bonds. The molecule has 1 N–H and O–H groups in total. The third kappa shape index (κ3) is 2.25. The Kier molecular flexibility index (Phi) is 3.60. The van der Waals surface area contributed by atoms with Crippen LogP contribution in [0.25, 0.3) is 0 Å². The van der Waals surface area contributed by atoms with Gasteiger partial charge in [-0.1, -0.05) is 19.1 Å². The van der Waals surface area contributed by atoms with Gasteiger partial charge in [0, 0.05) is 25.0 Å². The number of aryl methyl sites for hydroxylation is 1. The number of para-hydroxylation sites is 1. The first-order valence-electron chi connectivity index (χ1n) is 6.90. The van der Waals surface area contributed by atoms with Crippen LogP contribution in [0.4, 0.5) is 0 Å². The zero-order chi connectivity index (χ0) is 13.9. The van der Waals surface area contributed by atoms with Gasteiger partial charge < -0.3 is 19.4 Å². The normalized spacial score (nSPS) is 15.1. The highest BCUT2D eigenvalue weighted by atomic mass is 16.6. The van der Waals surface area contributed by atoms with E-state index in [1.54, 1.807) is 0 Å². The molecule has 5 nitrogen and oxygen atoms in total. The van der Waals surface area contributed by atoms with Crippen molar-refractivity contribution in [2.75, 3.05) is 19.8 Å². The van der Waals surface area contributed by atoms with E-state index in [4.69, 9.17) is 9.47 Å². The van der Waals surface area contributed by atoms with E-state index in [-0.39, 0.29) is 6.04 Å². The molecular weight excluding hydrogens is 254 g/mol. The average molecular weight is 273 g/mol. The monoisotopic (exact) mass is 273 g/mol. The molecule has 1 aliphatic heterocycles. The summed E-state index contributed by atoms with van der Waals surface area (Å²) in [5, 5.41) is 3.47. The number of rotatable bonds is 4. The Hall–Kier alpha value is -2.01. The number of benzene rings is 1. The van der Waals surface area contributed by atoms with Crippen LogP contribution < -0.4 is 14.8 Å². The molecule has 1 aliphatic rings. The lowest BCUT2D eigenvalue weighted by molar-refractivity contribution is 0.169. The highest BCUT2D eigenvalue weighted by Gasteiger charge is 2.25. The molecule has 5 heteroatoms. The van der Waals surface area contributed by atoms with E-state index < -0.39 is 0 Å². The predicted molar refractivity (Wildman–Crippen MR) is 76.2 cm³/mol. The van der Waals surface area contributed by atoms with E-state index in [0.717, 1.165) is 29.4 Å². The fraction of sp³-hybridized carbons (Fsp3) is 0.400. The number of hydrogen-bond acceptors (Lipinski definition) is 4. The van der Waals surface area contributed by atoms with Crippen molar-refractivity contribution >= 4 is 0 Å². The standard InChI is InChI=1S/C15H19N3O2/c1-3-16-13(15-17-7-8-18(15)2)11-5-4-6-12-14(11)20-10-9-19-12/h4-8,13,16H,3,9-10H2,1-2H3. The highest BCUT2D eigenvalue weighted by molar-refractivity contribution is 5.50. The first-order valence-corrected chi connectivity index (χ1v) is 6.90. The van der Waals surface area contributed by atoms with Crippen LogP contribution in [0, 0.1) is 0 Å². The average Bonchev–Trinajstić information content (AvgIpc) is 2.90. The molecule has 106 valence electrons. The zero-order valence-electron chi connectivity index (χ0n) is 11.8. The van der Waals surface area contributed by atoms with E-state index in [9.17, 15) is 0 Å². The van der Waals surface area contributed by atoms with Gasteiger partial charge in [0.05, 0.1) is 6.04 Å². The zero-order valence-corrected chi connectivity index (χ0v) is 11.8. The van der Waals surface area contributed by atoms with Crippen LogP contribution in [0.3, 0.4) is 0 Å². The largest absolute Gasteiger partial charge is 0.486 e. The van der Waals surface area contributed by atoms with Gasteiger partial charge in [-0.05, 0) is 12.6 Å². The predicted octanol–water partition coefficient (Wildman–Crippen LogP) is 1.89. The maximum absolute atomic E-state index is 5.82. The summed E-state index contributed by atoms with van der Waals surface area (Å²) in [5.74, 6) is 2.60. The molecule has 1 aromatic heterocycles. The third-order valence-electron chi connectivity index (χ3n) is 3.43. The van der Waals surface area contributed by atoms with E-state index in [2.05, 4.69) is 23.3 Å². The lowest BCUT2D eigenvalue weighted by atomic mass is 10.0. The van der Waals surface area contributed by atoms with Gasteiger partial charge in [-0.3, -0.25) is 0 Å². The van der Waals surface area contributed by atoms with Gasteiger partial charge in [0.25, 0.3) is 0 Å². The molecule has 1 atom stereocenters. The Balaban J connectivity index is 2.06. The molecule has 2 aromatic rings. The topological polar surface area (TPSA) is 48.3 Å².